The van der Waals surface area contributed by atoms with Crippen LogP contribution in [-0.2, 0) is 6.54 Å². The first-order chi connectivity index (χ1) is 13.9. The fourth-order valence-corrected chi connectivity index (χ4v) is 3.71. The summed E-state index contributed by atoms with van der Waals surface area (Å²) in [7, 11) is 4.03. The van der Waals surface area contributed by atoms with Crippen LogP contribution in [0.4, 0.5) is 0 Å². The Labute approximate surface area is 177 Å². The van der Waals surface area contributed by atoms with Crippen LogP contribution in [0.15, 0.2) is 54.6 Å². The Kier molecular flexibility index (Phi) is 6.72. The first-order valence-corrected chi connectivity index (χ1v) is 10.0. The zero-order chi connectivity index (χ0) is 21.0. The number of halogens is 1. The molecule has 0 aliphatic carbocycles. The van der Waals surface area contributed by atoms with Crippen LogP contribution >= 0.6 is 11.6 Å². The summed E-state index contributed by atoms with van der Waals surface area (Å²) in [5.74, 6) is -0.104. The molecule has 0 aliphatic heterocycles. The normalized spacial score (nSPS) is 12.2. The second-order valence-electron chi connectivity index (χ2n) is 7.39. The van der Waals surface area contributed by atoms with Gasteiger partial charge < -0.3 is 10.2 Å². The summed E-state index contributed by atoms with van der Waals surface area (Å²) in [6, 6.07) is 18.0. The van der Waals surface area contributed by atoms with E-state index in [-0.39, 0.29) is 11.9 Å². The van der Waals surface area contributed by atoms with Gasteiger partial charge >= 0.3 is 0 Å². The van der Waals surface area contributed by atoms with E-state index in [2.05, 4.69) is 27.4 Å². The third-order valence-corrected chi connectivity index (χ3v) is 5.52. The number of rotatable bonds is 7. The Morgan fingerprint density at radius 1 is 1.10 bits per heavy atom. The summed E-state index contributed by atoms with van der Waals surface area (Å²) in [6.45, 7) is 4.84. The molecule has 1 N–H and O–H groups in total. The molecule has 3 rings (SSSR count). The van der Waals surface area contributed by atoms with Crippen LogP contribution < -0.4 is 5.32 Å². The highest BCUT2D eigenvalue weighted by Crippen LogP contribution is 2.20. The lowest BCUT2D eigenvalue weighted by atomic mass is 10.1. The average Bonchev–Trinajstić information content (AvgIpc) is 2.97. The van der Waals surface area contributed by atoms with Gasteiger partial charge in [0.1, 0.15) is 0 Å². The summed E-state index contributed by atoms with van der Waals surface area (Å²) in [5, 5.41) is 8.36. The Morgan fingerprint density at radius 2 is 1.76 bits per heavy atom. The highest BCUT2D eigenvalue weighted by Gasteiger charge is 2.21. The minimum absolute atomic E-state index is 0.0962. The number of carbonyl (C=O) groups excluding carboxylic acids is 1. The Bertz CT molecular complexity index is 982. The van der Waals surface area contributed by atoms with Gasteiger partial charge in [0.05, 0.1) is 23.8 Å². The van der Waals surface area contributed by atoms with Gasteiger partial charge in [0.25, 0.3) is 5.91 Å². The molecule has 29 heavy (non-hydrogen) atoms. The van der Waals surface area contributed by atoms with Crippen molar-refractivity contribution in [3.8, 4) is 0 Å². The molecule has 1 unspecified atom stereocenters. The summed E-state index contributed by atoms with van der Waals surface area (Å²) in [4.78, 5) is 15.1. The molecule has 0 saturated carbocycles. The standard InChI is InChI=1S/C23H27ClN4O/c1-16-22(17(2)28(26-16)15-19-12-8-9-13-20(19)24)23(29)25-14-21(27(3)4)18-10-6-5-7-11-18/h5-13,21H,14-15H2,1-4H3,(H,25,29). The summed E-state index contributed by atoms with van der Waals surface area (Å²) in [6.07, 6.45) is 0. The van der Waals surface area contributed by atoms with Gasteiger partial charge in [0.15, 0.2) is 0 Å². The molecule has 0 bridgehead atoms. The zero-order valence-electron chi connectivity index (χ0n) is 17.3. The van der Waals surface area contributed by atoms with Gasteiger partial charge in [0.2, 0.25) is 0 Å². The maximum Gasteiger partial charge on any atom is 0.255 e. The number of amides is 1. The maximum atomic E-state index is 13.0. The third kappa shape index (κ3) is 4.86. The lowest BCUT2D eigenvalue weighted by Crippen LogP contribution is -2.35. The van der Waals surface area contributed by atoms with Crippen molar-refractivity contribution in [2.45, 2.75) is 26.4 Å². The van der Waals surface area contributed by atoms with E-state index in [1.54, 1.807) is 0 Å². The molecule has 0 spiro atoms. The second-order valence-corrected chi connectivity index (χ2v) is 7.80. The highest BCUT2D eigenvalue weighted by molar-refractivity contribution is 6.31. The number of hydrogen-bond acceptors (Lipinski definition) is 3. The zero-order valence-corrected chi connectivity index (χ0v) is 18.1. The van der Waals surface area contributed by atoms with Crippen LogP contribution in [0.1, 0.15) is 38.9 Å². The molecule has 1 heterocycles. The predicted octanol–water partition coefficient (Wildman–Crippen LogP) is 4.23. The molecular weight excluding hydrogens is 384 g/mol. The smallest absolute Gasteiger partial charge is 0.255 e. The number of benzene rings is 2. The molecule has 1 aromatic heterocycles. The van der Waals surface area contributed by atoms with E-state index in [1.807, 2.05) is 75.1 Å². The van der Waals surface area contributed by atoms with Crippen LogP contribution in [0.5, 0.6) is 0 Å². The van der Waals surface area contributed by atoms with E-state index in [1.165, 1.54) is 5.56 Å². The largest absolute Gasteiger partial charge is 0.350 e. The molecule has 3 aromatic rings. The number of aromatic nitrogens is 2. The monoisotopic (exact) mass is 410 g/mol. The van der Waals surface area contributed by atoms with Crippen LogP contribution in [-0.4, -0.2) is 41.2 Å². The molecule has 6 heteroatoms. The van der Waals surface area contributed by atoms with E-state index in [4.69, 9.17) is 11.6 Å². The van der Waals surface area contributed by atoms with Crippen molar-refractivity contribution in [1.82, 2.24) is 20.0 Å². The van der Waals surface area contributed by atoms with Crippen molar-refractivity contribution in [1.29, 1.82) is 0 Å². The molecule has 0 fully saturated rings. The van der Waals surface area contributed by atoms with Gasteiger partial charge in [-0.3, -0.25) is 9.48 Å². The lowest BCUT2D eigenvalue weighted by molar-refractivity contribution is 0.0940. The van der Waals surface area contributed by atoms with Gasteiger partial charge in [-0.15, -0.1) is 0 Å². The average molecular weight is 411 g/mol. The topological polar surface area (TPSA) is 50.2 Å². The first kappa shape index (κ1) is 21.1. The van der Waals surface area contributed by atoms with E-state index < -0.39 is 0 Å². The van der Waals surface area contributed by atoms with Crippen LogP contribution in [0.3, 0.4) is 0 Å². The van der Waals surface area contributed by atoms with Crippen molar-refractivity contribution in [3.05, 3.63) is 87.7 Å². The Hall–Kier alpha value is -2.63. The minimum atomic E-state index is -0.104. The number of nitrogens with zero attached hydrogens (tertiary/aromatic N) is 3. The van der Waals surface area contributed by atoms with E-state index in [0.29, 0.717) is 29.4 Å². The van der Waals surface area contributed by atoms with E-state index >= 15 is 0 Å². The molecule has 0 aliphatic rings. The maximum absolute atomic E-state index is 13.0. The summed E-state index contributed by atoms with van der Waals surface area (Å²) >= 11 is 6.28. The van der Waals surface area contributed by atoms with E-state index in [0.717, 1.165) is 11.3 Å². The van der Waals surface area contributed by atoms with Gasteiger partial charge in [-0.05, 0) is 45.1 Å². The van der Waals surface area contributed by atoms with Crippen LogP contribution in [0.25, 0.3) is 0 Å². The third-order valence-electron chi connectivity index (χ3n) is 5.15. The SMILES string of the molecule is Cc1nn(Cc2ccccc2Cl)c(C)c1C(=O)NCC(c1ccccc1)N(C)C. The minimum Gasteiger partial charge on any atom is -0.350 e. The fourth-order valence-electron chi connectivity index (χ4n) is 3.52. The number of likely N-dealkylation sites (N-methyl/N-ethyl adjacent to an activating group) is 1. The van der Waals surface area contributed by atoms with Gasteiger partial charge in [-0.25, -0.2) is 0 Å². The molecule has 1 atom stereocenters. The number of carbonyl (C=O) groups is 1. The van der Waals surface area contributed by atoms with Crippen molar-refractivity contribution >= 4 is 17.5 Å². The van der Waals surface area contributed by atoms with Gasteiger partial charge in [-0.1, -0.05) is 60.1 Å². The summed E-state index contributed by atoms with van der Waals surface area (Å²) in [5.41, 5.74) is 4.32. The van der Waals surface area contributed by atoms with E-state index in [9.17, 15) is 4.79 Å². The number of nitrogens with one attached hydrogen (secondary N) is 1. The van der Waals surface area contributed by atoms with Crippen molar-refractivity contribution in [2.24, 2.45) is 0 Å². The highest BCUT2D eigenvalue weighted by atomic mass is 35.5. The fraction of sp³-hybridized carbons (Fsp3) is 0.304. The molecule has 2 aromatic carbocycles. The molecule has 0 radical (unpaired) electrons. The number of aryl methyl sites for hydroxylation is 1. The Balaban J connectivity index is 1.76. The van der Waals surface area contributed by atoms with Crippen molar-refractivity contribution in [2.75, 3.05) is 20.6 Å². The van der Waals surface area contributed by atoms with Gasteiger partial charge in [-0.2, -0.15) is 5.10 Å². The quantitative estimate of drug-likeness (QED) is 0.634. The van der Waals surface area contributed by atoms with Crippen molar-refractivity contribution < 1.29 is 4.79 Å². The lowest BCUT2D eigenvalue weighted by Gasteiger charge is -2.25. The first-order valence-electron chi connectivity index (χ1n) is 9.65. The predicted molar refractivity (Wildman–Crippen MR) is 117 cm³/mol. The summed E-state index contributed by atoms with van der Waals surface area (Å²) < 4.78 is 1.84. The molecule has 5 nitrogen and oxygen atoms in total. The molecule has 152 valence electrons. The van der Waals surface area contributed by atoms with Gasteiger partial charge in [0, 0.05) is 17.3 Å². The van der Waals surface area contributed by atoms with Crippen LogP contribution in [0.2, 0.25) is 5.02 Å². The number of hydrogen-bond donors (Lipinski definition) is 1. The molecule has 1 amide bonds. The van der Waals surface area contributed by atoms with Crippen LogP contribution in [0, 0.1) is 13.8 Å². The molecular formula is C23H27ClN4O. The molecule has 0 saturated heterocycles. The van der Waals surface area contributed by atoms with Crippen molar-refractivity contribution in [3.63, 3.8) is 0 Å². The second kappa shape index (κ2) is 9.25. The Morgan fingerprint density at radius 3 is 2.41 bits per heavy atom.